The Kier molecular flexibility index (Phi) is 9.31. The Morgan fingerprint density at radius 3 is 2.44 bits per heavy atom. The van der Waals surface area contributed by atoms with E-state index in [1.54, 1.807) is 11.4 Å². The van der Waals surface area contributed by atoms with Crippen molar-refractivity contribution in [3.8, 4) is 0 Å². The first-order chi connectivity index (χ1) is 15.3. The van der Waals surface area contributed by atoms with Crippen molar-refractivity contribution in [2.24, 2.45) is 0 Å². The van der Waals surface area contributed by atoms with E-state index in [0.29, 0.717) is 42.7 Å². The molecule has 13 heteroatoms. The van der Waals surface area contributed by atoms with Gasteiger partial charge in [0, 0.05) is 12.5 Å². The number of anilines is 2. The van der Waals surface area contributed by atoms with Crippen molar-refractivity contribution in [1.29, 1.82) is 0 Å². The number of thiophene rings is 1. The van der Waals surface area contributed by atoms with E-state index in [9.17, 15) is 14.4 Å². The molecule has 174 valence electrons. The van der Waals surface area contributed by atoms with Gasteiger partial charge < -0.3 is 39.0 Å². The standard InChI is InChI=1S/C18H22N4O6S.CH2O2/c1-12-11-29-17(18(25)26-2)16(12)20-15(24)10-22(4-7-27-8-5-22)9-14(23)19-13-3-6-28-21-13;2-1-3/h3,6,11H,4-5,7-10H2,1-2H3,(H-,19,20,21,23,24,25);1H,(H,2,3). The number of quaternary nitrogens is 1. The molecule has 2 amide bonds. The molecule has 0 aromatic carbocycles. The highest BCUT2D eigenvalue weighted by Crippen LogP contribution is 2.28. The third-order valence-corrected chi connectivity index (χ3v) is 5.77. The summed E-state index contributed by atoms with van der Waals surface area (Å²) in [4.78, 5) is 45.8. The molecular weight excluding hydrogens is 444 g/mol. The molecule has 3 heterocycles. The van der Waals surface area contributed by atoms with E-state index in [4.69, 9.17) is 23.9 Å². The lowest BCUT2D eigenvalue weighted by atomic mass is 10.2. The van der Waals surface area contributed by atoms with Crippen LogP contribution in [-0.2, 0) is 23.9 Å². The van der Waals surface area contributed by atoms with Crippen molar-refractivity contribution >= 4 is 47.1 Å². The number of nitrogens with one attached hydrogen (secondary N) is 2. The minimum Gasteiger partial charge on any atom is -0.554 e. The second-order valence-corrected chi connectivity index (χ2v) is 7.79. The van der Waals surface area contributed by atoms with Crippen LogP contribution >= 0.6 is 11.3 Å². The lowest BCUT2D eigenvalue weighted by molar-refractivity contribution is -0.920. The highest BCUT2D eigenvalue weighted by molar-refractivity contribution is 7.12. The van der Waals surface area contributed by atoms with Crippen LogP contribution in [0.25, 0.3) is 0 Å². The zero-order chi connectivity index (χ0) is 23.6. The smallest absolute Gasteiger partial charge is 0.350 e. The molecule has 2 aromatic rings. The molecule has 1 fully saturated rings. The van der Waals surface area contributed by atoms with Gasteiger partial charge in [-0.2, -0.15) is 0 Å². The van der Waals surface area contributed by atoms with Crippen LogP contribution in [0.4, 0.5) is 11.5 Å². The van der Waals surface area contributed by atoms with Gasteiger partial charge in [0.25, 0.3) is 11.8 Å². The van der Waals surface area contributed by atoms with Gasteiger partial charge in [0.15, 0.2) is 18.9 Å². The van der Waals surface area contributed by atoms with Gasteiger partial charge in [0.05, 0.1) is 26.0 Å². The summed E-state index contributed by atoms with van der Waals surface area (Å²) >= 11 is 1.21. The van der Waals surface area contributed by atoms with Gasteiger partial charge in [-0.25, -0.2) is 4.79 Å². The Hall–Kier alpha value is -3.29. The molecule has 1 aliphatic rings. The third-order valence-electron chi connectivity index (χ3n) is 4.69. The number of hydrogen-bond donors (Lipinski definition) is 2. The number of methoxy groups -OCH3 is 1. The van der Waals surface area contributed by atoms with Crippen molar-refractivity contribution in [3.05, 3.63) is 28.2 Å². The van der Waals surface area contributed by atoms with Gasteiger partial charge in [-0.1, -0.05) is 5.16 Å². The highest BCUT2D eigenvalue weighted by Gasteiger charge is 2.36. The number of aromatic nitrogens is 1. The van der Waals surface area contributed by atoms with Gasteiger partial charge >= 0.3 is 5.97 Å². The summed E-state index contributed by atoms with van der Waals surface area (Å²) in [7, 11) is 1.30. The average Bonchev–Trinajstić information content (AvgIpc) is 3.38. The predicted octanol–water partition coefficient (Wildman–Crippen LogP) is -0.379. The van der Waals surface area contributed by atoms with Crippen LogP contribution in [0.5, 0.6) is 0 Å². The molecule has 0 bridgehead atoms. The summed E-state index contributed by atoms with van der Waals surface area (Å²) in [6.07, 6.45) is 1.37. The maximum Gasteiger partial charge on any atom is 0.350 e. The number of rotatable bonds is 7. The van der Waals surface area contributed by atoms with Crippen molar-refractivity contribution in [3.63, 3.8) is 0 Å². The molecule has 3 rings (SSSR count). The van der Waals surface area contributed by atoms with E-state index in [2.05, 4.69) is 15.8 Å². The number of carbonyl (C=O) groups excluding carboxylic acids is 4. The number of esters is 1. The molecule has 1 saturated heterocycles. The van der Waals surface area contributed by atoms with Crippen LogP contribution in [0.3, 0.4) is 0 Å². The van der Waals surface area contributed by atoms with Gasteiger partial charge in [0.2, 0.25) is 0 Å². The number of aryl methyl sites for hydroxylation is 1. The minimum atomic E-state index is -0.500. The Labute approximate surface area is 187 Å². The second-order valence-electron chi connectivity index (χ2n) is 6.91. The van der Waals surface area contributed by atoms with Crippen LogP contribution in [0.1, 0.15) is 15.2 Å². The summed E-state index contributed by atoms with van der Waals surface area (Å²) in [5.74, 6) is -0.730. The Bertz CT molecular complexity index is 922. The van der Waals surface area contributed by atoms with Crippen molar-refractivity contribution < 1.29 is 42.8 Å². The van der Waals surface area contributed by atoms with E-state index in [-0.39, 0.29) is 29.4 Å². The van der Waals surface area contributed by atoms with Gasteiger partial charge in [-0.3, -0.25) is 9.59 Å². The number of carbonyl (C=O) groups is 4. The minimum absolute atomic E-state index is 0.0749. The van der Waals surface area contributed by atoms with E-state index in [0.717, 1.165) is 5.56 Å². The molecule has 0 aliphatic carbocycles. The number of hydrogen-bond acceptors (Lipinski definition) is 10. The normalized spacial score (nSPS) is 14.4. The zero-order valence-electron chi connectivity index (χ0n) is 17.6. The van der Waals surface area contributed by atoms with E-state index >= 15 is 0 Å². The quantitative estimate of drug-likeness (QED) is 0.314. The Balaban J connectivity index is 0.00000114. The van der Waals surface area contributed by atoms with Crippen LogP contribution in [-0.4, -0.2) is 80.4 Å². The molecule has 0 spiro atoms. The molecule has 1 aliphatic heterocycles. The SMILES string of the molecule is COC(=O)c1scc(C)c1NC(=O)C[N+]1(CC(=O)Nc2ccon2)CCOCC1.O=C[O-]. The topological polar surface area (TPSA) is 160 Å². The van der Waals surface area contributed by atoms with E-state index in [1.807, 2.05) is 6.92 Å². The number of nitrogens with zero attached hydrogens (tertiary/aromatic N) is 2. The molecular formula is C19H24N4O8S. The fraction of sp³-hybridized carbons (Fsp3) is 0.421. The van der Waals surface area contributed by atoms with Crippen LogP contribution in [0, 0.1) is 6.92 Å². The summed E-state index contributed by atoms with van der Waals surface area (Å²) in [6, 6.07) is 1.54. The summed E-state index contributed by atoms with van der Waals surface area (Å²) in [5.41, 5.74) is 1.23. The molecule has 32 heavy (non-hydrogen) atoms. The summed E-state index contributed by atoms with van der Waals surface area (Å²) in [6.45, 7) is 3.42. The molecule has 2 aromatic heterocycles. The van der Waals surface area contributed by atoms with E-state index < -0.39 is 12.4 Å². The molecule has 0 unspecified atom stereocenters. The summed E-state index contributed by atoms with van der Waals surface area (Å²) in [5, 5.41) is 19.2. The molecule has 2 N–H and O–H groups in total. The largest absolute Gasteiger partial charge is 0.554 e. The zero-order valence-corrected chi connectivity index (χ0v) is 18.4. The number of carboxylic acid groups (broad SMARTS) is 1. The first kappa shape index (κ1) is 25.0. The van der Waals surface area contributed by atoms with Gasteiger partial charge in [0.1, 0.15) is 24.2 Å². The number of ether oxygens (including phenoxy) is 2. The molecule has 12 nitrogen and oxygen atoms in total. The monoisotopic (exact) mass is 468 g/mol. The van der Waals surface area contributed by atoms with Crippen LogP contribution < -0.4 is 15.7 Å². The first-order valence-corrected chi connectivity index (χ1v) is 10.4. The molecule has 0 atom stereocenters. The first-order valence-electron chi connectivity index (χ1n) is 9.49. The lowest BCUT2D eigenvalue weighted by Gasteiger charge is -2.39. The third kappa shape index (κ3) is 6.87. The highest BCUT2D eigenvalue weighted by atomic mass is 32.1. The molecule has 0 radical (unpaired) electrons. The van der Waals surface area contributed by atoms with Crippen LogP contribution in [0.15, 0.2) is 22.2 Å². The van der Waals surface area contributed by atoms with Gasteiger partial charge in [-0.05, 0) is 17.9 Å². The summed E-state index contributed by atoms with van der Waals surface area (Å²) < 4.78 is 15.2. The Morgan fingerprint density at radius 1 is 1.25 bits per heavy atom. The van der Waals surface area contributed by atoms with Crippen molar-refractivity contribution in [2.75, 3.05) is 57.1 Å². The van der Waals surface area contributed by atoms with Crippen molar-refractivity contribution in [1.82, 2.24) is 5.16 Å². The van der Waals surface area contributed by atoms with E-state index in [1.165, 1.54) is 24.7 Å². The lowest BCUT2D eigenvalue weighted by Crippen LogP contribution is -2.60. The number of amides is 2. The van der Waals surface area contributed by atoms with Crippen molar-refractivity contribution in [2.45, 2.75) is 6.92 Å². The Morgan fingerprint density at radius 2 is 1.88 bits per heavy atom. The van der Waals surface area contributed by atoms with Crippen LogP contribution in [0.2, 0.25) is 0 Å². The average molecular weight is 468 g/mol. The fourth-order valence-electron chi connectivity index (χ4n) is 3.19. The fourth-order valence-corrected chi connectivity index (χ4v) is 4.11. The maximum absolute atomic E-state index is 12.8. The number of morpholine rings is 1. The second kappa shape index (κ2) is 11.9. The maximum atomic E-state index is 12.8. The predicted molar refractivity (Wildman–Crippen MR) is 111 cm³/mol. The van der Waals surface area contributed by atoms with Gasteiger partial charge in [-0.15, -0.1) is 11.3 Å². The molecule has 0 saturated carbocycles.